The molecule has 1 fully saturated rings. The SMILES string of the molecule is O=C(CCn1ccnn1)N1CCC[C@@H](c2nc3cc(-n4ccccc4=O)ccc3o2)C1. The zero-order valence-electron chi connectivity index (χ0n) is 16.9. The van der Waals surface area contributed by atoms with Crippen LogP contribution in [0.15, 0.2) is 64.2 Å². The fourth-order valence-electron chi connectivity index (χ4n) is 4.02. The Morgan fingerprint density at radius 1 is 1.19 bits per heavy atom. The lowest BCUT2D eigenvalue weighted by Crippen LogP contribution is -2.39. The Hall–Kier alpha value is -3.75. The number of rotatable bonds is 5. The van der Waals surface area contributed by atoms with E-state index in [1.165, 1.54) is 6.07 Å². The van der Waals surface area contributed by atoms with E-state index in [0.29, 0.717) is 36.5 Å². The van der Waals surface area contributed by atoms with Gasteiger partial charge in [0.05, 0.1) is 24.3 Å². The summed E-state index contributed by atoms with van der Waals surface area (Å²) in [6.07, 6.45) is 7.30. The average molecular weight is 418 g/mol. The highest BCUT2D eigenvalue weighted by Gasteiger charge is 2.28. The number of benzene rings is 1. The summed E-state index contributed by atoms with van der Waals surface area (Å²) < 4.78 is 9.25. The summed E-state index contributed by atoms with van der Waals surface area (Å²) >= 11 is 0. The molecule has 0 N–H and O–H groups in total. The predicted molar refractivity (Wildman–Crippen MR) is 113 cm³/mol. The highest BCUT2D eigenvalue weighted by atomic mass is 16.3. The van der Waals surface area contributed by atoms with Crippen LogP contribution in [0.5, 0.6) is 0 Å². The van der Waals surface area contributed by atoms with Crippen LogP contribution >= 0.6 is 0 Å². The number of carbonyl (C=O) groups is 1. The summed E-state index contributed by atoms with van der Waals surface area (Å²) in [7, 11) is 0. The zero-order valence-corrected chi connectivity index (χ0v) is 16.9. The molecule has 0 bridgehead atoms. The van der Waals surface area contributed by atoms with Crippen LogP contribution in [0.1, 0.15) is 31.1 Å². The van der Waals surface area contributed by atoms with E-state index in [-0.39, 0.29) is 17.4 Å². The molecule has 0 aliphatic carbocycles. The van der Waals surface area contributed by atoms with Crippen LogP contribution in [0.3, 0.4) is 0 Å². The maximum Gasteiger partial charge on any atom is 0.255 e. The van der Waals surface area contributed by atoms with Gasteiger partial charge in [0.2, 0.25) is 5.91 Å². The zero-order chi connectivity index (χ0) is 21.2. The number of likely N-dealkylation sites (tertiary alicyclic amines) is 1. The molecule has 158 valence electrons. The third-order valence-electron chi connectivity index (χ3n) is 5.64. The molecular formula is C22H22N6O3. The van der Waals surface area contributed by atoms with E-state index in [4.69, 9.17) is 9.40 Å². The second-order valence-electron chi connectivity index (χ2n) is 7.71. The van der Waals surface area contributed by atoms with Crippen LogP contribution in [0.2, 0.25) is 0 Å². The minimum atomic E-state index is -0.0992. The maximum atomic E-state index is 12.7. The van der Waals surface area contributed by atoms with Crippen molar-refractivity contribution in [2.45, 2.75) is 31.7 Å². The number of hydrogen-bond donors (Lipinski definition) is 0. The lowest BCUT2D eigenvalue weighted by molar-refractivity contribution is -0.132. The number of nitrogens with zero attached hydrogens (tertiary/aromatic N) is 6. The molecule has 1 aliphatic heterocycles. The molecule has 0 radical (unpaired) electrons. The van der Waals surface area contributed by atoms with Crippen molar-refractivity contribution in [2.75, 3.05) is 13.1 Å². The van der Waals surface area contributed by atoms with Gasteiger partial charge in [-0.2, -0.15) is 0 Å². The predicted octanol–water partition coefficient (Wildman–Crippen LogP) is 2.37. The van der Waals surface area contributed by atoms with Gasteiger partial charge in [0.25, 0.3) is 5.56 Å². The van der Waals surface area contributed by atoms with Gasteiger partial charge in [0, 0.05) is 38.0 Å². The molecule has 1 atom stereocenters. The first-order valence-electron chi connectivity index (χ1n) is 10.4. The largest absolute Gasteiger partial charge is 0.440 e. The van der Waals surface area contributed by atoms with Gasteiger partial charge in [0.15, 0.2) is 11.5 Å². The van der Waals surface area contributed by atoms with Crippen LogP contribution < -0.4 is 5.56 Å². The molecule has 1 amide bonds. The van der Waals surface area contributed by atoms with E-state index in [9.17, 15) is 9.59 Å². The summed E-state index contributed by atoms with van der Waals surface area (Å²) in [5, 5.41) is 7.67. The Bertz CT molecular complexity index is 1260. The number of oxazole rings is 1. The number of pyridine rings is 1. The Morgan fingerprint density at radius 2 is 2.13 bits per heavy atom. The van der Waals surface area contributed by atoms with Gasteiger partial charge in [-0.1, -0.05) is 11.3 Å². The Balaban J connectivity index is 1.32. The minimum Gasteiger partial charge on any atom is -0.440 e. The molecule has 9 nitrogen and oxygen atoms in total. The number of aryl methyl sites for hydroxylation is 1. The second kappa shape index (κ2) is 8.17. The Morgan fingerprint density at radius 3 is 2.97 bits per heavy atom. The number of fused-ring (bicyclic) bond motifs is 1. The van der Waals surface area contributed by atoms with E-state index in [2.05, 4.69) is 10.3 Å². The summed E-state index contributed by atoms with van der Waals surface area (Å²) in [6.45, 7) is 1.85. The molecule has 1 aromatic carbocycles. The van der Waals surface area contributed by atoms with Crippen LogP contribution in [0.4, 0.5) is 0 Å². The third kappa shape index (κ3) is 3.98. The number of carbonyl (C=O) groups excluding carboxylic acids is 1. The number of aromatic nitrogens is 5. The van der Waals surface area contributed by atoms with Crippen molar-refractivity contribution < 1.29 is 9.21 Å². The molecule has 0 saturated carbocycles. The van der Waals surface area contributed by atoms with Gasteiger partial charge in [-0.15, -0.1) is 5.10 Å². The smallest absolute Gasteiger partial charge is 0.255 e. The minimum absolute atomic E-state index is 0.0550. The quantitative estimate of drug-likeness (QED) is 0.493. The summed E-state index contributed by atoms with van der Waals surface area (Å²) in [4.78, 5) is 31.3. The molecule has 0 unspecified atom stereocenters. The number of hydrogen-bond acceptors (Lipinski definition) is 6. The van der Waals surface area contributed by atoms with Gasteiger partial charge in [-0.25, -0.2) is 4.98 Å². The third-order valence-corrected chi connectivity index (χ3v) is 5.64. The van der Waals surface area contributed by atoms with Crippen molar-refractivity contribution in [3.8, 4) is 5.69 Å². The molecule has 9 heteroatoms. The molecule has 1 aliphatic rings. The molecule has 1 saturated heterocycles. The lowest BCUT2D eigenvalue weighted by atomic mass is 9.97. The van der Waals surface area contributed by atoms with Crippen molar-refractivity contribution in [1.29, 1.82) is 0 Å². The number of piperidine rings is 1. The first kappa shape index (κ1) is 19.2. The van der Waals surface area contributed by atoms with Crippen molar-refractivity contribution in [2.24, 2.45) is 0 Å². The van der Waals surface area contributed by atoms with Crippen LogP contribution in [-0.2, 0) is 11.3 Å². The normalized spacial score (nSPS) is 16.6. The van der Waals surface area contributed by atoms with E-state index >= 15 is 0 Å². The number of amides is 1. The standard InChI is InChI=1S/C22H22N6O3/c29-20(8-12-27-13-9-23-25-27)26-10-3-4-16(15-26)22-24-18-14-17(6-7-19(18)31-22)28-11-2-1-5-21(28)30/h1-2,5-7,9,11,13-14,16H,3-4,8,10,12,15H2/t16-/m1/s1. The Labute approximate surface area is 177 Å². The van der Waals surface area contributed by atoms with Gasteiger partial charge in [-0.05, 0) is 37.1 Å². The summed E-state index contributed by atoms with van der Waals surface area (Å²) in [5.41, 5.74) is 2.03. The molecular weight excluding hydrogens is 396 g/mol. The topological polar surface area (TPSA) is 99.0 Å². The van der Waals surface area contributed by atoms with Crippen LogP contribution in [0.25, 0.3) is 16.8 Å². The van der Waals surface area contributed by atoms with Gasteiger partial charge in [-0.3, -0.25) is 18.8 Å². The van der Waals surface area contributed by atoms with Gasteiger partial charge < -0.3 is 9.32 Å². The summed E-state index contributed by atoms with van der Waals surface area (Å²) in [6, 6.07) is 10.6. The van der Waals surface area contributed by atoms with Crippen molar-refractivity contribution in [1.82, 2.24) is 29.4 Å². The molecule has 0 spiro atoms. The van der Waals surface area contributed by atoms with Crippen molar-refractivity contribution >= 4 is 17.0 Å². The Kier molecular flexibility index (Phi) is 5.07. The molecule has 3 aromatic heterocycles. The van der Waals surface area contributed by atoms with E-state index < -0.39 is 0 Å². The second-order valence-corrected chi connectivity index (χ2v) is 7.71. The van der Waals surface area contributed by atoms with E-state index in [1.54, 1.807) is 33.9 Å². The molecule has 31 heavy (non-hydrogen) atoms. The monoisotopic (exact) mass is 418 g/mol. The first-order chi connectivity index (χ1) is 15.2. The van der Waals surface area contributed by atoms with Gasteiger partial charge in [0.1, 0.15) is 5.52 Å². The molecule has 5 rings (SSSR count). The van der Waals surface area contributed by atoms with E-state index in [1.807, 2.05) is 29.2 Å². The molecule has 4 aromatic rings. The van der Waals surface area contributed by atoms with E-state index in [0.717, 1.165) is 25.1 Å². The highest BCUT2D eigenvalue weighted by Crippen LogP contribution is 2.30. The summed E-state index contributed by atoms with van der Waals surface area (Å²) in [5.74, 6) is 0.794. The molecule has 4 heterocycles. The van der Waals surface area contributed by atoms with Crippen LogP contribution in [-0.4, -0.2) is 48.4 Å². The fraction of sp³-hybridized carbons (Fsp3) is 0.318. The lowest BCUT2D eigenvalue weighted by Gasteiger charge is -2.31. The van der Waals surface area contributed by atoms with Crippen molar-refractivity contribution in [3.05, 3.63) is 71.2 Å². The average Bonchev–Trinajstić information content (AvgIpc) is 3.47. The van der Waals surface area contributed by atoms with Crippen molar-refractivity contribution in [3.63, 3.8) is 0 Å². The highest BCUT2D eigenvalue weighted by molar-refractivity contribution is 5.77. The van der Waals surface area contributed by atoms with Gasteiger partial charge >= 0.3 is 0 Å². The van der Waals surface area contributed by atoms with Crippen LogP contribution in [0, 0.1) is 0 Å². The first-order valence-corrected chi connectivity index (χ1v) is 10.4. The fourth-order valence-corrected chi connectivity index (χ4v) is 4.02. The maximum absolute atomic E-state index is 12.7.